The van der Waals surface area contributed by atoms with E-state index in [-0.39, 0.29) is 12.7 Å². The molecule has 0 saturated heterocycles. The maximum atomic E-state index is 10.3. The van der Waals surface area contributed by atoms with Crippen LogP contribution < -0.4 is 4.74 Å². The maximum absolute atomic E-state index is 10.3. The smallest absolute Gasteiger partial charge is 0.214 e. The van der Waals surface area contributed by atoms with E-state index in [4.69, 9.17) is 21.1 Å². The van der Waals surface area contributed by atoms with Gasteiger partial charge in [0.15, 0.2) is 0 Å². The van der Waals surface area contributed by atoms with Gasteiger partial charge in [0, 0.05) is 10.8 Å². The molecular weight excluding hydrogens is 400 g/mol. The number of aromatic nitrogens is 4. The summed E-state index contributed by atoms with van der Waals surface area (Å²) in [4.78, 5) is 0. The predicted molar refractivity (Wildman–Crippen MR) is 108 cm³/mol. The Morgan fingerprint density at radius 1 is 1.18 bits per heavy atom. The van der Waals surface area contributed by atoms with Gasteiger partial charge in [-0.25, -0.2) is 0 Å². The van der Waals surface area contributed by atoms with Crippen molar-refractivity contribution in [2.24, 2.45) is 0 Å². The molecule has 0 radical (unpaired) electrons. The second-order valence-electron chi connectivity index (χ2n) is 6.04. The van der Waals surface area contributed by atoms with Crippen molar-refractivity contribution in [2.75, 3.05) is 19.5 Å². The molecule has 7 nitrogen and oxygen atoms in total. The standard InChI is InChI=1S/C19H21ClN4O3S/c1-13(14-7-9-15(20)10-8-14)27-11-16(25)12-28-19-21-22-23-24(19)17-5-3-4-6-18(17)26-2/h3-10,13,16,25H,11-12H2,1-2H3/t13-,16-/m0/s1. The molecule has 3 aromatic rings. The van der Waals surface area contributed by atoms with Crippen LogP contribution in [0, 0.1) is 0 Å². The summed E-state index contributed by atoms with van der Waals surface area (Å²) in [7, 11) is 1.60. The molecule has 0 aliphatic carbocycles. The van der Waals surface area contributed by atoms with E-state index in [0.717, 1.165) is 11.3 Å². The Hall–Kier alpha value is -2.13. The van der Waals surface area contributed by atoms with E-state index in [1.165, 1.54) is 11.8 Å². The highest BCUT2D eigenvalue weighted by atomic mass is 35.5. The van der Waals surface area contributed by atoms with Crippen molar-refractivity contribution in [2.45, 2.75) is 24.3 Å². The van der Waals surface area contributed by atoms with E-state index < -0.39 is 6.10 Å². The van der Waals surface area contributed by atoms with Gasteiger partial charge in [0.05, 0.1) is 25.9 Å². The minimum Gasteiger partial charge on any atom is -0.494 e. The number of rotatable bonds is 9. The van der Waals surface area contributed by atoms with Crippen LogP contribution in [0.3, 0.4) is 0 Å². The molecule has 0 aliphatic rings. The monoisotopic (exact) mass is 420 g/mol. The quantitative estimate of drug-likeness (QED) is 0.530. The van der Waals surface area contributed by atoms with Gasteiger partial charge in [0.2, 0.25) is 5.16 Å². The molecule has 9 heteroatoms. The molecular formula is C19H21ClN4O3S. The minimum absolute atomic E-state index is 0.143. The lowest BCUT2D eigenvalue weighted by Gasteiger charge is -2.16. The van der Waals surface area contributed by atoms with Gasteiger partial charge >= 0.3 is 0 Å². The van der Waals surface area contributed by atoms with Crippen molar-refractivity contribution >= 4 is 23.4 Å². The van der Waals surface area contributed by atoms with Crippen molar-refractivity contribution in [3.63, 3.8) is 0 Å². The molecule has 0 aliphatic heterocycles. The molecule has 28 heavy (non-hydrogen) atoms. The molecule has 0 unspecified atom stereocenters. The van der Waals surface area contributed by atoms with Crippen molar-refractivity contribution in [1.82, 2.24) is 20.2 Å². The number of tetrazole rings is 1. The zero-order valence-corrected chi connectivity index (χ0v) is 17.1. The van der Waals surface area contributed by atoms with Crippen LogP contribution in [0.1, 0.15) is 18.6 Å². The zero-order valence-electron chi connectivity index (χ0n) is 15.5. The van der Waals surface area contributed by atoms with Gasteiger partial charge in [-0.05, 0) is 47.2 Å². The molecule has 1 N–H and O–H groups in total. The number of thioether (sulfide) groups is 1. The Balaban J connectivity index is 1.55. The average Bonchev–Trinajstić information content (AvgIpc) is 3.19. The third-order valence-electron chi connectivity index (χ3n) is 4.04. The number of aliphatic hydroxyl groups is 1. The lowest BCUT2D eigenvalue weighted by molar-refractivity contribution is 0.00621. The van der Waals surface area contributed by atoms with E-state index in [1.807, 2.05) is 55.5 Å². The van der Waals surface area contributed by atoms with Crippen LogP contribution in [-0.2, 0) is 4.74 Å². The van der Waals surface area contributed by atoms with Gasteiger partial charge in [-0.2, -0.15) is 4.68 Å². The number of nitrogens with zero attached hydrogens (tertiary/aromatic N) is 4. The number of hydrogen-bond acceptors (Lipinski definition) is 7. The molecule has 2 aromatic carbocycles. The summed E-state index contributed by atoms with van der Waals surface area (Å²) in [6, 6.07) is 14.9. The van der Waals surface area contributed by atoms with Crippen molar-refractivity contribution in [3.8, 4) is 11.4 Å². The van der Waals surface area contributed by atoms with Gasteiger partial charge in [-0.1, -0.05) is 47.6 Å². The number of methoxy groups -OCH3 is 1. The van der Waals surface area contributed by atoms with E-state index in [1.54, 1.807) is 11.8 Å². The fourth-order valence-corrected chi connectivity index (χ4v) is 3.44. The largest absolute Gasteiger partial charge is 0.494 e. The van der Waals surface area contributed by atoms with Crippen LogP contribution >= 0.6 is 23.4 Å². The molecule has 1 heterocycles. The third kappa shape index (κ3) is 5.23. The number of hydrogen-bond donors (Lipinski definition) is 1. The normalized spacial score (nSPS) is 13.3. The van der Waals surface area contributed by atoms with Crippen molar-refractivity contribution in [1.29, 1.82) is 0 Å². The molecule has 0 fully saturated rings. The van der Waals surface area contributed by atoms with E-state index in [9.17, 15) is 5.11 Å². The first kappa shape index (κ1) is 20.6. The Morgan fingerprint density at radius 3 is 2.68 bits per heavy atom. The first-order chi connectivity index (χ1) is 13.6. The third-order valence-corrected chi connectivity index (χ3v) is 5.35. The highest BCUT2D eigenvalue weighted by molar-refractivity contribution is 7.99. The highest BCUT2D eigenvalue weighted by Crippen LogP contribution is 2.26. The lowest BCUT2D eigenvalue weighted by atomic mass is 10.1. The van der Waals surface area contributed by atoms with Crippen molar-refractivity contribution in [3.05, 3.63) is 59.1 Å². The van der Waals surface area contributed by atoms with Gasteiger partial charge in [0.1, 0.15) is 11.4 Å². The van der Waals surface area contributed by atoms with Crippen LogP contribution in [0.4, 0.5) is 0 Å². The summed E-state index contributed by atoms with van der Waals surface area (Å²) in [5, 5.41) is 23.3. The fraction of sp³-hybridized carbons (Fsp3) is 0.316. The maximum Gasteiger partial charge on any atom is 0.214 e. The molecule has 2 atom stereocenters. The molecule has 3 rings (SSSR count). The van der Waals surface area contributed by atoms with Gasteiger partial charge in [0.25, 0.3) is 0 Å². The molecule has 148 valence electrons. The van der Waals surface area contributed by atoms with Crippen LogP contribution in [0.15, 0.2) is 53.7 Å². The Labute approximate surface area is 172 Å². The first-order valence-electron chi connectivity index (χ1n) is 8.68. The Bertz CT molecular complexity index is 891. The minimum atomic E-state index is -0.664. The summed E-state index contributed by atoms with van der Waals surface area (Å²) in [6.45, 7) is 2.14. The number of benzene rings is 2. The second-order valence-corrected chi connectivity index (χ2v) is 7.46. The van der Waals surface area contributed by atoms with E-state index in [2.05, 4.69) is 15.5 Å². The molecule has 0 amide bonds. The van der Waals surface area contributed by atoms with Gasteiger partial charge in [-0.3, -0.25) is 0 Å². The van der Waals surface area contributed by atoms with Crippen LogP contribution in [-0.4, -0.2) is 50.9 Å². The second kappa shape index (κ2) is 9.88. The Morgan fingerprint density at radius 2 is 1.93 bits per heavy atom. The summed E-state index contributed by atoms with van der Waals surface area (Å²) in [6.07, 6.45) is -0.807. The van der Waals surface area contributed by atoms with Crippen LogP contribution in [0.5, 0.6) is 5.75 Å². The topological polar surface area (TPSA) is 82.3 Å². The van der Waals surface area contributed by atoms with E-state index in [0.29, 0.717) is 21.7 Å². The fourth-order valence-electron chi connectivity index (χ4n) is 2.53. The summed E-state index contributed by atoms with van der Waals surface area (Å²) >= 11 is 7.25. The number of halogens is 1. The van der Waals surface area contributed by atoms with Crippen LogP contribution in [0.2, 0.25) is 5.02 Å². The van der Waals surface area contributed by atoms with Gasteiger partial charge in [-0.15, -0.1) is 5.10 Å². The lowest BCUT2D eigenvalue weighted by Crippen LogP contribution is -2.19. The molecule has 1 aromatic heterocycles. The predicted octanol–water partition coefficient (Wildman–Crippen LogP) is 3.56. The molecule has 0 bridgehead atoms. The summed E-state index contributed by atoms with van der Waals surface area (Å²) in [5.41, 5.74) is 1.74. The number of aliphatic hydroxyl groups excluding tert-OH is 1. The van der Waals surface area contributed by atoms with Gasteiger partial charge < -0.3 is 14.6 Å². The SMILES string of the molecule is COc1ccccc1-n1nnnc1SC[C@@H](O)CO[C@@H](C)c1ccc(Cl)cc1. The van der Waals surface area contributed by atoms with Crippen molar-refractivity contribution < 1.29 is 14.6 Å². The highest BCUT2D eigenvalue weighted by Gasteiger charge is 2.16. The zero-order chi connectivity index (χ0) is 19.9. The summed E-state index contributed by atoms with van der Waals surface area (Å²) < 4.78 is 12.7. The molecule has 0 saturated carbocycles. The number of ether oxygens (including phenoxy) is 2. The summed E-state index contributed by atoms with van der Waals surface area (Å²) in [5.74, 6) is 1.06. The first-order valence-corrected chi connectivity index (χ1v) is 10.0. The van der Waals surface area contributed by atoms with Crippen LogP contribution in [0.25, 0.3) is 5.69 Å². The molecule has 0 spiro atoms. The average molecular weight is 421 g/mol. The number of para-hydroxylation sites is 2. The van der Waals surface area contributed by atoms with E-state index >= 15 is 0 Å². The Kier molecular flexibility index (Phi) is 7.27.